The lowest BCUT2D eigenvalue weighted by molar-refractivity contribution is 0.481. The summed E-state index contributed by atoms with van der Waals surface area (Å²) in [6, 6.07) is 15.0. The van der Waals surface area contributed by atoms with Crippen LogP contribution in [-0.4, -0.2) is 25.9 Å². The molecule has 3 rings (SSSR count). The summed E-state index contributed by atoms with van der Waals surface area (Å²) in [5.41, 5.74) is 5.93. The third-order valence-electron chi connectivity index (χ3n) is 3.63. The molecule has 136 valence electrons. The maximum atomic E-state index is 11.8. The van der Waals surface area contributed by atoms with Gasteiger partial charge in [0.15, 0.2) is 0 Å². The molecule has 4 N–H and O–H groups in total. The molecule has 0 aliphatic heterocycles. The van der Waals surface area contributed by atoms with E-state index in [0.717, 1.165) is 0 Å². The summed E-state index contributed by atoms with van der Waals surface area (Å²) < 4.78 is 64.3. The van der Waals surface area contributed by atoms with E-state index in [4.69, 9.17) is 4.55 Å². The van der Waals surface area contributed by atoms with Crippen LogP contribution in [0.2, 0.25) is 0 Å². The Balaban J connectivity index is 1.94. The van der Waals surface area contributed by atoms with E-state index in [1.165, 1.54) is 30.3 Å². The summed E-state index contributed by atoms with van der Waals surface area (Å²) in [6.45, 7) is 0. The number of hydrazine groups is 1. The smallest absolute Gasteiger partial charge is 0.297 e. The maximum Gasteiger partial charge on any atom is 0.297 e. The predicted molar refractivity (Wildman–Crippen MR) is 97.3 cm³/mol. The molecule has 0 saturated heterocycles. The lowest BCUT2D eigenvalue weighted by Gasteiger charge is -2.14. The van der Waals surface area contributed by atoms with Crippen LogP contribution in [0.4, 0.5) is 11.4 Å². The molecule has 0 saturated carbocycles. The van der Waals surface area contributed by atoms with Gasteiger partial charge < -0.3 is 5.43 Å². The monoisotopic (exact) mass is 394 g/mol. The fourth-order valence-corrected chi connectivity index (χ4v) is 3.81. The number of rotatable bonds is 5. The minimum atomic E-state index is -4.51. The van der Waals surface area contributed by atoms with Gasteiger partial charge in [-0.2, -0.15) is 16.8 Å². The molecule has 0 aromatic heterocycles. The second-order valence-corrected chi connectivity index (χ2v) is 8.17. The van der Waals surface area contributed by atoms with Crippen LogP contribution in [0.25, 0.3) is 10.8 Å². The lowest BCUT2D eigenvalue weighted by atomic mass is 10.1. The molecule has 0 aliphatic rings. The first-order valence-electron chi connectivity index (χ1n) is 7.25. The van der Waals surface area contributed by atoms with Crippen molar-refractivity contribution in [1.82, 2.24) is 0 Å². The van der Waals surface area contributed by atoms with Crippen molar-refractivity contribution >= 4 is 42.4 Å². The minimum Gasteiger partial charge on any atom is -0.301 e. The van der Waals surface area contributed by atoms with E-state index in [1.807, 2.05) is 0 Å². The molecule has 26 heavy (non-hydrogen) atoms. The largest absolute Gasteiger partial charge is 0.301 e. The van der Waals surface area contributed by atoms with Crippen LogP contribution in [-0.2, 0) is 20.2 Å². The second kappa shape index (κ2) is 6.57. The zero-order valence-electron chi connectivity index (χ0n) is 13.1. The molecule has 0 heterocycles. The summed E-state index contributed by atoms with van der Waals surface area (Å²) >= 11 is 0. The summed E-state index contributed by atoms with van der Waals surface area (Å²) in [6.07, 6.45) is 0. The molecule has 0 fully saturated rings. The Hall–Kier alpha value is -2.66. The van der Waals surface area contributed by atoms with Crippen LogP contribution < -0.4 is 10.9 Å². The lowest BCUT2D eigenvalue weighted by Crippen LogP contribution is -2.13. The number of anilines is 2. The molecule has 3 aromatic rings. The summed E-state index contributed by atoms with van der Waals surface area (Å²) in [4.78, 5) is -0.551. The van der Waals surface area contributed by atoms with Crippen LogP contribution in [0.1, 0.15) is 0 Å². The zero-order chi connectivity index (χ0) is 18.9. The van der Waals surface area contributed by atoms with Crippen molar-refractivity contribution < 1.29 is 25.9 Å². The van der Waals surface area contributed by atoms with E-state index in [2.05, 4.69) is 10.9 Å². The van der Waals surface area contributed by atoms with E-state index >= 15 is 0 Å². The van der Waals surface area contributed by atoms with E-state index in [1.54, 1.807) is 30.3 Å². The highest BCUT2D eigenvalue weighted by atomic mass is 32.2. The minimum absolute atomic E-state index is 0.116. The van der Waals surface area contributed by atoms with Gasteiger partial charge in [-0.05, 0) is 35.7 Å². The van der Waals surface area contributed by atoms with Crippen molar-refractivity contribution in [2.24, 2.45) is 0 Å². The van der Waals surface area contributed by atoms with Gasteiger partial charge in [0, 0.05) is 5.39 Å². The number of benzene rings is 3. The van der Waals surface area contributed by atoms with E-state index in [0.29, 0.717) is 16.5 Å². The molecule has 0 spiro atoms. The first-order chi connectivity index (χ1) is 12.2. The third kappa shape index (κ3) is 3.78. The van der Waals surface area contributed by atoms with Gasteiger partial charge >= 0.3 is 0 Å². The molecule has 8 nitrogen and oxygen atoms in total. The zero-order valence-corrected chi connectivity index (χ0v) is 14.8. The van der Waals surface area contributed by atoms with Crippen molar-refractivity contribution in [2.75, 3.05) is 10.9 Å². The molecular formula is C16H14N2O6S2. The third-order valence-corrected chi connectivity index (χ3v) is 5.45. The molecule has 3 aromatic carbocycles. The Morgan fingerprint density at radius 3 is 1.96 bits per heavy atom. The van der Waals surface area contributed by atoms with Crippen LogP contribution in [0, 0.1) is 0 Å². The molecular weight excluding hydrogens is 380 g/mol. The summed E-state index contributed by atoms with van der Waals surface area (Å²) in [5, 5.41) is 0.992. The van der Waals surface area contributed by atoms with Crippen molar-refractivity contribution in [3.8, 4) is 0 Å². The highest BCUT2D eigenvalue weighted by Gasteiger charge is 2.19. The van der Waals surface area contributed by atoms with Gasteiger partial charge in [-0.3, -0.25) is 14.5 Å². The molecule has 0 bridgehead atoms. The van der Waals surface area contributed by atoms with Gasteiger partial charge in [0.2, 0.25) is 0 Å². The first kappa shape index (κ1) is 18.1. The van der Waals surface area contributed by atoms with Crippen molar-refractivity contribution in [3.05, 3.63) is 60.7 Å². The highest BCUT2D eigenvalue weighted by molar-refractivity contribution is 7.86. The highest BCUT2D eigenvalue weighted by Crippen LogP contribution is 2.30. The van der Waals surface area contributed by atoms with Crippen molar-refractivity contribution in [2.45, 2.75) is 9.79 Å². The topological polar surface area (TPSA) is 133 Å². The number of fused-ring (bicyclic) bond motifs is 1. The summed E-state index contributed by atoms with van der Waals surface area (Å²) in [5.74, 6) is 0. The molecule has 0 radical (unpaired) electrons. The van der Waals surface area contributed by atoms with Crippen molar-refractivity contribution in [1.29, 1.82) is 0 Å². The van der Waals surface area contributed by atoms with Gasteiger partial charge in [-0.25, -0.2) is 0 Å². The summed E-state index contributed by atoms with van der Waals surface area (Å²) in [7, 11) is -8.80. The Bertz CT molecular complexity index is 1170. The van der Waals surface area contributed by atoms with Gasteiger partial charge in [-0.1, -0.05) is 30.3 Å². The fourth-order valence-electron chi connectivity index (χ4n) is 2.47. The van der Waals surface area contributed by atoms with E-state index in [9.17, 15) is 21.4 Å². The van der Waals surface area contributed by atoms with Crippen LogP contribution in [0.5, 0.6) is 0 Å². The van der Waals surface area contributed by atoms with Crippen LogP contribution >= 0.6 is 0 Å². The maximum absolute atomic E-state index is 11.8. The van der Waals surface area contributed by atoms with E-state index in [-0.39, 0.29) is 15.5 Å². The average molecular weight is 394 g/mol. The van der Waals surface area contributed by atoms with Gasteiger partial charge in [-0.15, -0.1) is 0 Å². The van der Waals surface area contributed by atoms with Crippen molar-refractivity contribution in [3.63, 3.8) is 0 Å². The molecule has 0 aliphatic carbocycles. The van der Waals surface area contributed by atoms with Gasteiger partial charge in [0.05, 0.1) is 16.3 Å². The fraction of sp³-hybridized carbons (Fsp3) is 0. The quantitative estimate of drug-likeness (QED) is 0.383. The molecule has 10 heteroatoms. The van der Waals surface area contributed by atoms with Gasteiger partial charge in [0.1, 0.15) is 4.90 Å². The Labute approximate surface area is 149 Å². The number of nitrogens with one attached hydrogen (secondary N) is 2. The number of hydrogen-bond acceptors (Lipinski definition) is 6. The standard InChI is InChI=1S/C16H14N2O6S2/c19-25(20,21)13-8-6-12(7-9-13)17-18-15-10-5-11-3-1-2-4-14(11)16(15)26(22,23)24/h1-10,17-18H,(H,19,20,21)(H,22,23,24). The Kier molecular flexibility index (Phi) is 4.59. The van der Waals surface area contributed by atoms with E-state index < -0.39 is 20.2 Å². The molecule has 0 amide bonds. The first-order valence-corrected chi connectivity index (χ1v) is 10.1. The Morgan fingerprint density at radius 2 is 1.35 bits per heavy atom. The predicted octanol–water partition coefficient (Wildman–Crippen LogP) is 2.77. The second-order valence-electron chi connectivity index (χ2n) is 5.39. The SMILES string of the molecule is O=S(=O)(O)c1ccc(NNc2ccc3ccccc3c2S(=O)(=O)O)cc1. The van der Waals surface area contributed by atoms with Crippen LogP contribution in [0.15, 0.2) is 70.5 Å². The molecule has 0 atom stereocenters. The van der Waals surface area contributed by atoms with Gasteiger partial charge in [0.25, 0.3) is 20.2 Å². The molecule has 0 unspecified atom stereocenters. The normalized spacial score (nSPS) is 12.1. The number of hydrogen-bond donors (Lipinski definition) is 4. The Morgan fingerprint density at radius 1 is 0.692 bits per heavy atom. The van der Waals surface area contributed by atoms with Crippen LogP contribution in [0.3, 0.4) is 0 Å². The average Bonchev–Trinajstić information content (AvgIpc) is 2.58.